The van der Waals surface area contributed by atoms with Crippen LogP contribution < -0.4 is 17.0 Å². The average molecular weight is 168 g/mol. The Morgan fingerprint density at radius 2 is 1.91 bits per heavy atom. The second-order valence-electron chi connectivity index (χ2n) is 1.52. The maximum absolute atomic E-state index is 9.74. The van der Waals surface area contributed by atoms with E-state index in [1.165, 1.54) is 0 Å². The quantitative estimate of drug-likeness (QED) is 0.409. The lowest BCUT2D eigenvalue weighted by Gasteiger charge is -2.07. The Bertz CT molecular complexity index is 136. The van der Waals surface area contributed by atoms with Crippen molar-refractivity contribution in [1.82, 2.24) is 6.15 Å². The van der Waals surface area contributed by atoms with Crippen molar-refractivity contribution >= 4 is 11.9 Å². The first kappa shape index (κ1) is 16.4. The molecule has 9 N–H and O–H groups in total. The third-order valence-corrected chi connectivity index (χ3v) is 0.697. The molecular formula is C4H12N2O5. The summed E-state index contributed by atoms with van der Waals surface area (Å²) in [6.45, 7) is 0. The van der Waals surface area contributed by atoms with Crippen molar-refractivity contribution in [3.8, 4) is 0 Å². The summed E-state index contributed by atoms with van der Waals surface area (Å²) in [6, 6.07) is -1.40. The Morgan fingerprint density at radius 1 is 1.55 bits per heavy atom. The fourth-order valence-corrected chi connectivity index (χ4v) is 0.271. The first-order chi connectivity index (χ1) is 4.04. The lowest BCUT2D eigenvalue weighted by Crippen LogP contribution is -2.43. The molecule has 0 amide bonds. The van der Waals surface area contributed by atoms with Gasteiger partial charge in [0.05, 0.1) is 18.4 Å². The number of carboxylic acid groups (broad SMARTS) is 2. The zero-order valence-electron chi connectivity index (χ0n) is 6.03. The van der Waals surface area contributed by atoms with E-state index < -0.39 is 24.4 Å². The number of rotatable bonds is 3. The van der Waals surface area contributed by atoms with Crippen LogP contribution in [-0.4, -0.2) is 28.6 Å². The van der Waals surface area contributed by atoms with E-state index in [9.17, 15) is 14.7 Å². The van der Waals surface area contributed by atoms with E-state index >= 15 is 0 Å². The molecule has 1 atom stereocenters. The van der Waals surface area contributed by atoms with Crippen LogP contribution in [-0.2, 0) is 9.59 Å². The van der Waals surface area contributed by atoms with Crippen LogP contribution >= 0.6 is 0 Å². The summed E-state index contributed by atoms with van der Waals surface area (Å²) in [5.41, 5.74) is 4.77. The molecule has 0 aliphatic heterocycles. The smallest absolute Gasteiger partial charge is 0.305 e. The molecule has 0 radical (unpaired) electrons. The average Bonchev–Trinajstić information content (AvgIpc) is 1.63. The molecule has 11 heavy (non-hydrogen) atoms. The van der Waals surface area contributed by atoms with E-state index in [1.54, 1.807) is 0 Å². The van der Waals surface area contributed by atoms with E-state index in [0.29, 0.717) is 0 Å². The number of carbonyl (C=O) groups excluding carboxylic acids is 1. The molecule has 0 spiro atoms. The Balaban J connectivity index is -0.000000320. The molecule has 0 heterocycles. The molecule has 0 rings (SSSR count). The van der Waals surface area contributed by atoms with Crippen LogP contribution in [0.2, 0.25) is 0 Å². The second-order valence-corrected chi connectivity index (χ2v) is 1.52. The highest BCUT2D eigenvalue weighted by atomic mass is 16.4. The maximum atomic E-state index is 9.74. The fraction of sp³-hybridized carbons (Fsp3) is 0.500. The third-order valence-electron chi connectivity index (χ3n) is 0.697. The number of quaternary nitrogens is 1. The Morgan fingerprint density at radius 3 is 2.00 bits per heavy atom. The van der Waals surface area contributed by atoms with Gasteiger partial charge in [-0.1, -0.05) is 0 Å². The van der Waals surface area contributed by atoms with Gasteiger partial charge in [0, 0.05) is 0 Å². The molecule has 7 heteroatoms. The molecule has 68 valence electrons. The Kier molecular flexibility index (Phi) is 10.4. The van der Waals surface area contributed by atoms with Gasteiger partial charge in [0.25, 0.3) is 0 Å². The molecule has 0 saturated heterocycles. The van der Waals surface area contributed by atoms with E-state index in [2.05, 4.69) is 0 Å². The van der Waals surface area contributed by atoms with Crippen molar-refractivity contribution < 1.29 is 25.3 Å². The van der Waals surface area contributed by atoms with Gasteiger partial charge in [-0.3, -0.25) is 4.79 Å². The van der Waals surface area contributed by atoms with Crippen LogP contribution in [0.1, 0.15) is 6.42 Å². The van der Waals surface area contributed by atoms with Gasteiger partial charge >= 0.3 is 5.97 Å². The number of aliphatic carboxylic acids is 2. The van der Waals surface area contributed by atoms with E-state index in [1.807, 2.05) is 0 Å². The van der Waals surface area contributed by atoms with E-state index in [0.717, 1.165) is 0 Å². The third kappa shape index (κ3) is 8.82. The number of hydrogen-bond acceptors (Lipinski definition) is 4. The predicted octanol–water partition coefficient (Wildman–Crippen LogP) is -2.91. The summed E-state index contributed by atoms with van der Waals surface area (Å²) in [7, 11) is 0. The van der Waals surface area contributed by atoms with E-state index in [4.69, 9.17) is 10.8 Å². The molecule has 0 fully saturated rings. The second kappa shape index (κ2) is 6.93. The minimum atomic E-state index is -1.54. The lowest BCUT2D eigenvalue weighted by molar-refractivity contribution is -0.307. The summed E-state index contributed by atoms with van der Waals surface area (Å²) >= 11 is 0. The highest BCUT2D eigenvalue weighted by molar-refractivity contribution is 5.78. The monoisotopic (exact) mass is 168 g/mol. The SMILES string of the molecule is N[C@@H](CC(=O)O)C(=O)[O-].O.[NH4+]. The number of carbonyl (C=O) groups is 2. The van der Waals surface area contributed by atoms with Crippen molar-refractivity contribution in [2.24, 2.45) is 5.73 Å². The van der Waals surface area contributed by atoms with Crippen molar-refractivity contribution in [3.63, 3.8) is 0 Å². The van der Waals surface area contributed by atoms with Crippen molar-refractivity contribution in [1.29, 1.82) is 0 Å². The summed E-state index contributed by atoms with van der Waals surface area (Å²) < 4.78 is 0. The zero-order valence-corrected chi connectivity index (χ0v) is 6.03. The highest BCUT2D eigenvalue weighted by Crippen LogP contribution is 1.83. The van der Waals surface area contributed by atoms with Crippen molar-refractivity contribution in [2.45, 2.75) is 12.5 Å². The zero-order chi connectivity index (χ0) is 7.44. The van der Waals surface area contributed by atoms with Crippen LogP contribution in [0.25, 0.3) is 0 Å². The number of carboxylic acids is 2. The fourth-order valence-electron chi connectivity index (χ4n) is 0.271. The molecule has 0 aromatic heterocycles. The van der Waals surface area contributed by atoms with Crippen LogP contribution in [0.3, 0.4) is 0 Å². The van der Waals surface area contributed by atoms with Gasteiger partial charge in [-0.05, 0) is 0 Å². The minimum absolute atomic E-state index is 0. The maximum Gasteiger partial charge on any atom is 0.305 e. The largest absolute Gasteiger partial charge is 0.548 e. The minimum Gasteiger partial charge on any atom is -0.548 e. The van der Waals surface area contributed by atoms with Crippen LogP contribution in [0.15, 0.2) is 0 Å². The molecule has 0 unspecified atom stereocenters. The first-order valence-corrected chi connectivity index (χ1v) is 2.22. The normalized spacial score (nSPS) is 10.3. The Hall–Kier alpha value is -1.18. The first-order valence-electron chi connectivity index (χ1n) is 2.22. The molecule has 7 nitrogen and oxygen atoms in total. The van der Waals surface area contributed by atoms with Gasteiger partial charge in [-0.15, -0.1) is 0 Å². The molecule has 0 saturated carbocycles. The Labute approximate surface area is 62.7 Å². The van der Waals surface area contributed by atoms with Crippen LogP contribution in [0.4, 0.5) is 0 Å². The van der Waals surface area contributed by atoms with Gasteiger partial charge in [0.1, 0.15) is 0 Å². The standard InChI is InChI=1S/C4H7NO4.H3N.H2O/c5-2(4(8)9)1-3(6)7;;/h2H,1,5H2,(H,6,7)(H,8,9);1H3;1H2/t2-;;/m0../s1. The molecule has 0 aromatic carbocycles. The van der Waals surface area contributed by atoms with Gasteiger partial charge in [0.15, 0.2) is 0 Å². The predicted molar refractivity (Wildman–Crippen MR) is 34.8 cm³/mol. The highest BCUT2D eigenvalue weighted by Gasteiger charge is 2.07. The number of hydrogen-bond donors (Lipinski definition) is 3. The lowest BCUT2D eigenvalue weighted by atomic mass is 10.2. The van der Waals surface area contributed by atoms with Gasteiger partial charge in [-0.25, -0.2) is 0 Å². The summed E-state index contributed by atoms with van der Waals surface area (Å²) in [5, 5.41) is 17.7. The van der Waals surface area contributed by atoms with Gasteiger partial charge in [0.2, 0.25) is 0 Å². The van der Waals surface area contributed by atoms with Crippen molar-refractivity contribution in [2.75, 3.05) is 0 Å². The topological polar surface area (TPSA) is 171 Å². The van der Waals surface area contributed by atoms with E-state index in [-0.39, 0.29) is 11.6 Å². The molecule has 0 aliphatic rings. The summed E-state index contributed by atoms with van der Waals surface area (Å²) in [6.07, 6.45) is -0.595. The van der Waals surface area contributed by atoms with Gasteiger partial charge < -0.3 is 32.4 Å². The molecule has 0 bridgehead atoms. The molecular weight excluding hydrogens is 156 g/mol. The van der Waals surface area contributed by atoms with Gasteiger partial charge in [-0.2, -0.15) is 0 Å². The molecule has 0 aromatic rings. The summed E-state index contributed by atoms with van der Waals surface area (Å²) in [5.74, 6) is -2.79. The summed E-state index contributed by atoms with van der Waals surface area (Å²) in [4.78, 5) is 19.5. The van der Waals surface area contributed by atoms with Crippen LogP contribution in [0, 0.1) is 0 Å². The number of nitrogens with two attached hydrogens (primary N) is 1. The molecule has 0 aliphatic carbocycles. The van der Waals surface area contributed by atoms with Crippen molar-refractivity contribution in [3.05, 3.63) is 0 Å². The van der Waals surface area contributed by atoms with Crippen LogP contribution in [0.5, 0.6) is 0 Å².